The first kappa shape index (κ1) is 42.2. The lowest BCUT2D eigenvalue weighted by atomic mass is 9.97. The average Bonchev–Trinajstić information content (AvgIpc) is 3.52. The largest absolute Gasteiger partial charge is 0.480 e. The molecular weight excluding hydrogens is 640 g/mol. The second kappa shape index (κ2) is 20.0. The number of carbonyl (C=O) groups is 6. The van der Waals surface area contributed by atoms with Gasteiger partial charge in [-0.05, 0) is 67.8 Å². The van der Waals surface area contributed by atoms with Gasteiger partial charge in [-0.1, -0.05) is 85.7 Å². The molecule has 1 heterocycles. The predicted octanol–water partition coefficient (Wildman–Crippen LogP) is 2.37. The summed E-state index contributed by atoms with van der Waals surface area (Å²) >= 11 is 0. The molecule has 0 aliphatic carbocycles. The molecule has 0 saturated carbocycles. The van der Waals surface area contributed by atoms with Crippen molar-refractivity contribution in [2.24, 2.45) is 29.4 Å². The van der Waals surface area contributed by atoms with E-state index >= 15 is 0 Å². The lowest BCUT2D eigenvalue weighted by Crippen LogP contribution is -2.60. The first-order chi connectivity index (χ1) is 23.4. The van der Waals surface area contributed by atoms with Crippen LogP contribution in [0.3, 0.4) is 0 Å². The summed E-state index contributed by atoms with van der Waals surface area (Å²) in [6.45, 7) is 15.3. The maximum absolute atomic E-state index is 13.8. The van der Waals surface area contributed by atoms with Crippen molar-refractivity contribution in [3.63, 3.8) is 0 Å². The summed E-state index contributed by atoms with van der Waals surface area (Å²) in [5.74, 6) is -4.06. The predicted molar refractivity (Wildman–Crippen MR) is 191 cm³/mol. The zero-order valence-corrected chi connectivity index (χ0v) is 31.0. The standard InChI is InChI=1S/C37H60N6O7/c1-21(2)17-27(39-32(44)26(38)20-25-13-10-9-11-14-25)33(45)40-28(18-22(3)4)34(46)42-31(24(7)8)35(47)41-29(19-23(5)6)36(48)43-16-12-15-30(43)37(49)50/h9-11,13-14,21-24,26-31H,12,15-20,38H2,1-8H3,(H,39,44)(H,40,45)(H,41,47)(H,42,46)(H,49,50)/t26-,27-,28-,29-,30-,31-/m0/s1. The number of benzene rings is 1. The smallest absolute Gasteiger partial charge is 0.326 e. The molecule has 280 valence electrons. The topological polar surface area (TPSA) is 200 Å². The molecule has 1 aliphatic heterocycles. The summed E-state index contributed by atoms with van der Waals surface area (Å²) in [5, 5.41) is 20.8. The molecule has 1 fully saturated rings. The Kier molecular flexibility index (Phi) is 16.9. The fraction of sp³-hybridized carbons (Fsp3) is 0.676. The molecule has 0 aromatic heterocycles. The zero-order valence-electron chi connectivity index (χ0n) is 31.0. The number of carboxylic acid groups (broad SMARTS) is 1. The SMILES string of the molecule is CC(C)C[C@H](NC(=O)[C@H](CC(C)C)NC(=O)[C@@H](N)Cc1ccccc1)C(=O)N[C@H](C(=O)N[C@@H](CC(C)C)C(=O)N1CCC[C@H]1C(=O)O)C(C)C. The van der Waals surface area contributed by atoms with Gasteiger partial charge in [0.05, 0.1) is 6.04 Å². The molecule has 0 spiro atoms. The summed E-state index contributed by atoms with van der Waals surface area (Å²) in [7, 11) is 0. The van der Waals surface area contributed by atoms with Crippen LogP contribution in [0.1, 0.15) is 93.1 Å². The van der Waals surface area contributed by atoms with Gasteiger partial charge in [-0.3, -0.25) is 24.0 Å². The third-order valence-electron chi connectivity index (χ3n) is 8.70. The van der Waals surface area contributed by atoms with Crippen LogP contribution in [0.25, 0.3) is 0 Å². The number of carbonyl (C=O) groups excluding carboxylic acids is 5. The average molecular weight is 701 g/mol. The molecule has 13 heteroatoms. The van der Waals surface area contributed by atoms with Gasteiger partial charge in [0.2, 0.25) is 29.5 Å². The summed E-state index contributed by atoms with van der Waals surface area (Å²) < 4.78 is 0. The molecule has 0 bridgehead atoms. The van der Waals surface area contributed by atoms with Crippen LogP contribution in [0.5, 0.6) is 0 Å². The van der Waals surface area contributed by atoms with E-state index in [9.17, 15) is 33.9 Å². The van der Waals surface area contributed by atoms with E-state index in [1.165, 1.54) is 4.90 Å². The van der Waals surface area contributed by atoms with Gasteiger partial charge in [0.15, 0.2) is 0 Å². The number of carboxylic acids is 1. The van der Waals surface area contributed by atoms with Crippen LogP contribution in [0.4, 0.5) is 0 Å². The zero-order chi connectivity index (χ0) is 37.7. The molecule has 7 N–H and O–H groups in total. The van der Waals surface area contributed by atoms with Gasteiger partial charge in [0.1, 0.15) is 30.2 Å². The van der Waals surface area contributed by atoms with Gasteiger partial charge in [-0.25, -0.2) is 4.79 Å². The molecule has 6 atom stereocenters. The van der Waals surface area contributed by atoms with Crippen molar-refractivity contribution in [3.05, 3.63) is 35.9 Å². The van der Waals surface area contributed by atoms with E-state index in [2.05, 4.69) is 21.3 Å². The van der Waals surface area contributed by atoms with Crippen molar-refractivity contribution in [1.82, 2.24) is 26.2 Å². The van der Waals surface area contributed by atoms with Gasteiger partial charge in [-0.15, -0.1) is 0 Å². The molecule has 2 rings (SSSR count). The van der Waals surface area contributed by atoms with E-state index in [0.717, 1.165) is 5.56 Å². The highest BCUT2D eigenvalue weighted by Gasteiger charge is 2.39. The van der Waals surface area contributed by atoms with E-state index in [1.54, 1.807) is 13.8 Å². The van der Waals surface area contributed by atoms with Crippen LogP contribution in [-0.2, 0) is 35.2 Å². The summed E-state index contributed by atoms with van der Waals surface area (Å²) in [6, 6.07) is 3.52. The first-order valence-electron chi connectivity index (χ1n) is 17.9. The number of rotatable bonds is 19. The minimum atomic E-state index is -1.08. The molecule has 1 saturated heterocycles. The van der Waals surface area contributed by atoms with E-state index in [-0.39, 0.29) is 36.5 Å². The van der Waals surface area contributed by atoms with Crippen molar-refractivity contribution < 1.29 is 33.9 Å². The quantitative estimate of drug-likeness (QED) is 0.126. The highest BCUT2D eigenvalue weighted by Crippen LogP contribution is 2.21. The highest BCUT2D eigenvalue weighted by atomic mass is 16.4. The molecular formula is C37H60N6O7. The lowest BCUT2D eigenvalue weighted by Gasteiger charge is -2.31. The van der Waals surface area contributed by atoms with E-state index < -0.39 is 71.8 Å². The van der Waals surface area contributed by atoms with Gasteiger partial charge in [0, 0.05) is 6.54 Å². The lowest BCUT2D eigenvalue weighted by molar-refractivity contribution is -0.149. The van der Waals surface area contributed by atoms with Crippen molar-refractivity contribution in [3.8, 4) is 0 Å². The van der Waals surface area contributed by atoms with Gasteiger partial charge in [0.25, 0.3) is 0 Å². The number of amides is 5. The van der Waals surface area contributed by atoms with Crippen molar-refractivity contribution >= 4 is 35.5 Å². The Morgan fingerprint density at radius 3 is 1.70 bits per heavy atom. The molecule has 0 unspecified atom stereocenters. The number of nitrogens with two attached hydrogens (primary N) is 1. The number of likely N-dealkylation sites (tertiary alicyclic amines) is 1. The Balaban J connectivity index is 2.21. The summed E-state index contributed by atoms with van der Waals surface area (Å²) in [4.78, 5) is 80.8. The number of nitrogens with one attached hydrogen (secondary N) is 4. The Labute approximate surface area is 297 Å². The van der Waals surface area contributed by atoms with E-state index in [0.29, 0.717) is 32.2 Å². The van der Waals surface area contributed by atoms with Crippen LogP contribution in [0.15, 0.2) is 30.3 Å². The normalized spacial score (nSPS) is 17.6. The Morgan fingerprint density at radius 1 is 0.720 bits per heavy atom. The monoisotopic (exact) mass is 700 g/mol. The summed E-state index contributed by atoms with van der Waals surface area (Å²) in [6.07, 6.45) is 2.06. The van der Waals surface area contributed by atoms with Gasteiger partial charge >= 0.3 is 5.97 Å². The maximum Gasteiger partial charge on any atom is 0.326 e. The Bertz CT molecular complexity index is 1300. The molecule has 50 heavy (non-hydrogen) atoms. The Hall–Kier alpha value is -4.00. The minimum Gasteiger partial charge on any atom is -0.480 e. The number of hydrogen-bond acceptors (Lipinski definition) is 7. The maximum atomic E-state index is 13.8. The number of aliphatic carboxylic acids is 1. The second-order valence-electron chi connectivity index (χ2n) is 15.1. The summed E-state index contributed by atoms with van der Waals surface area (Å²) in [5.41, 5.74) is 7.08. The molecule has 1 aliphatic rings. The van der Waals surface area contributed by atoms with Crippen LogP contribution in [-0.4, -0.2) is 88.3 Å². The third-order valence-corrected chi connectivity index (χ3v) is 8.70. The number of nitrogens with zero attached hydrogens (tertiary/aromatic N) is 1. The molecule has 1 aromatic carbocycles. The van der Waals surface area contributed by atoms with Gasteiger partial charge in [-0.2, -0.15) is 0 Å². The molecule has 5 amide bonds. The molecule has 13 nitrogen and oxygen atoms in total. The molecule has 0 radical (unpaired) electrons. The van der Waals surface area contributed by atoms with E-state index in [4.69, 9.17) is 5.73 Å². The third kappa shape index (κ3) is 13.4. The number of hydrogen-bond donors (Lipinski definition) is 6. The fourth-order valence-electron chi connectivity index (χ4n) is 6.15. The second-order valence-corrected chi connectivity index (χ2v) is 15.1. The van der Waals surface area contributed by atoms with Crippen molar-refractivity contribution in [2.45, 2.75) is 130 Å². The Morgan fingerprint density at radius 2 is 1.20 bits per heavy atom. The highest BCUT2D eigenvalue weighted by molar-refractivity contribution is 5.96. The van der Waals surface area contributed by atoms with Crippen LogP contribution >= 0.6 is 0 Å². The van der Waals surface area contributed by atoms with Crippen LogP contribution in [0, 0.1) is 23.7 Å². The minimum absolute atomic E-state index is 0.00880. The van der Waals surface area contributed by atoms with Crippen LogP contribution < -0.4 is 27.0 Å². The van der Waals surface area contributed by atoms with Crippen molar-refractivity contribution in [1.29, 1.82) is 0 Å². The van der Waals surface area contributed by atoms with Crippen LogP contribution in [0.2, 0.25) is 0 Å². The van der Waals surface area contributed by atoms with Crippen molar-refractivity contribution in [2.75, 3.05) is 6.54 Å². The first-order valence-corrected chi connectivity index (χ1v) is 17.9. The molecule has 1 aromatic rings. The fourth-order valence-corrected chi connectivity index (χ4v) is 6.15. The van der Waals surface area contributed by atoms with Gasteiger partial charge < -0.3 is 37.0 Å². The van der Waals surface area contributed by atoms with E-state index in [1.807, 2.05) is 71.9 Å².